The first kappa shape index (κ1) is 18.1. The maximum absolute atomic E-state index is 10.2. The van der Waals surface area contributed by atoms with Gasteiger partial charge in [0, 0.05) is 12.6 Å². The van der Waals surface area contributed by atoms with E-state index in [9.17, 15) is 5.11 Å². The number of hydrogen-bond acceptors (Lipinski definition) is 3. The number of likely N-dealkylation sites (N-methyl/N-ethyl adjacent to an activating group) is 1. The summed E-state index contributed by atoms with van der Waals surface area (Å²) in [7, 11) is 0. The smallest absolute Gasteiger partial charge is 0.0797 e. The highest BCUT2D eigenvalue weighted by atomic mass is 16.3. The summed E-state index contributed by atoms with van der Waals surface area (Å²) in [5.74, 6) is 0. The summed E-state index contributed by atoms with van der Waals surface area (Å²) in [6.07, 6.45) is 2.18. The molecule has 0 heterocycles. The molecule has 0 saturated heterocycles. The van der Waals surface area contributed by atoms with Crippen molar-refractivity contribution in [3.05, 3.63) is 35.9 Å². The van der Waals surface area contributed by atoms with Gasteiger partial charge in [-0.15, -0.1) is 0 Å². The third kappa shape index (κ3) is 4.80. The summed E-state index contributed by atoms with van der Waals surface area (Å²) >= 11 is 0. The molecule has 0 aliphatic heterocycles. The van der Waals surface area contributed by atoms with Gasteiger partial charge >= 0.3 is 0 Å². The quantitative estimate of drug-likeness (QED) is 0.696. The first-order valence-corrected chi connectivity index (χ1v) is 8.29. The first-order chi connectivity index (χ1) is 10.1. The van der Waals surface area contributed by atoms with Crippen molar-refractivity contribution in [2.24, 2.45) is 0 Å². The van der Waals surface area contributed by atoms with Crippen LogP contribution < -0.4 is 5.32 Å². The number of aliphatic hydroxyl groups is 1. The zero-order valence-electron chi connectivity index (χ0n) is 14.1. The molecule has 0 saturated carbocycles. The molecule has 0 radical (unpaired) electrons. The highest BCUT2D eigenvalue weighted by Gasteiger charge is 2.33. The summed E-state index contributed by atoms with van der Waals surface area (Å²) in [6, 6.07) is 10.9. The van der Waals surface area contributed by atoms with Crippen LogP contribution in [0.2, 0.25) is 0 Å². The van der Waals surface area contributed by atoms with Crippen LogP contribution >= 0.6 is 0 Å². The predicted octanol–water partition coefficient (Wildman–Crippen LogP) is 2.99. The van der Waals surface area contributed by atoms with E-state index in [2.05, 4.69) is 50.0 Å². The molecule has 1 rings (SSSR count). The maximum atomic E-state index is 10.2. The van der Waals surface area contributed by atoms with Gasteiger partial charge in [0.25, 0.3) is 0 Å². The summed E-state index contributed by atoms with van der Waals surface area (Å²) in [5.41, 5.74) is 0.791. The van der Waals surface area contributed by atoms with Crippen molar-refractivity contribution in [3.63, 3.8) is 0 Å². The highest BCUT2D eigenvalue weighted by molar-refractivity contribution is 5.25. The molecule has 0 aliphatic carbocycles. The second-order valence-corrected chi connectivity index (χ2v) is 5.85. The number of rotatable bonds is 10. The number of nitrogens with zero attached hydrogens (tertiary/aromatic N) is 1. The Labute approximate surface area is 130 Å². The molecule has 1 aromatic carbocycles. The number of nitrogens with one attached hydrogen (secondary N) is 1. The van der Waals surface area contributed by atoms with Gasteiger partial charge in [-0.1, -0.05) is 51.1 Å². The Bertz CT molecular complexity index is 382. The van der Waals surface area contributed by atoms with Crippen molar-refractivity contribution in [2.75, 3.05) is 26.2 Å². The monoisotopic (exact) mass is 292 g/mol. The molecule has 0 aromatic heterocycles. The summed E-state index contributed by atoms with van der Waals surface area (Å²) in [5, 5.41) is 13.8. The lowest BCUT2D eigenvalue weighted by atomic mass is 9.89. The van der Waals surface area contributed by atoms with Crippen molar-refractivity contribution in [2.45, 2.75) is 52.1 Å². The van der Waals surface area contributed by atoms with Crippen LogP contribution in [0.4, 0.5) is 0 Å². The average Bonchev–Trinajstić information content (AvgIpc) is 2.56. The van der Waals surface area contributed by atoms with Gasteiger partial charge in [-0.25, -0.2) is 0 Å². The van der Waals surface area contributed by atoms with Gasteiger partial charge in [-0.05, 0) is 38.4 Å². The predicted molar refractivity (Wildman–Crippen MR) is 90.5 cm³/mol. The Morgan fingerprint density at radius 3 is 2.33 bits per heavy atom. The average molecular weight is 292 g/mol. The van der Waals surface area contributed by atoms with Crippen molar-refractivity contribution < 1.29 is 5.11 Å². The van der Waals surface area contributed by atoms with Gasteiger partial charge in [-0.3, -0.25) is 4.90 Å². The molecule has 0 bridgehead atoms. The molecule has 120 valence electrons. The highest BCUT2D eigenvalue weighted by Crippen LogP contribution is 2.23. The number of hydrogen-bond donors (Lipinski definition) is 2. The number of benzene rings is 1. The van der Waals surface area contributed by atoms with E-state index in [1.165, 1.54) is 5.56 Å². The second-order valence-electron chi connectivity index (χ2n) is 5.85. The number of aliphatic hydroxyl groups excluding tert-OH is 1. The Balaban J connectivity index is 3.05. The lowest BCUT2D eigenvalue weighted by Crippen LogP contribution is -2.55. The molecule has 0 aliphatic rings. The molecular weight excluding hydrogens is 260 g/mol. The lowest BCUT2D eigenvalue weighted by molar-refractivity contribution is 0.0886. The Morgan fingerprint density at radius 1 is 1.19 bits per heavy atom. The first-order valence-electron chi connectivity index (χ1n) is 8.29. The van der Waals surface area contributed by atoms with Gasteiger partial charge in [0.15, 0.2) is 0 Å². The van der Waals surface area contributed by atoms with E-state index in [0.29, 0.717) is 6.04 Å². The molecule has 21 heavy (non-hydrogen) atoms. The van der Waals surface area contributed by atoms with Crippen molar-refractivity contribution >= 4 is 0 Å². The summed E-state index contributed by atoms with van der Waals surface area (Å²) in [4.78, 5) is 2.45. The molecular formula is C18H32N2O. The van der Waals surface area contributed by atoms with E-state index in [-0.39, 0.29) is 12.1 Å². The van der Waals surface area contributed by atoms with Gasteiger partial charge < -0.3 is 10.4 Å². The van der Waals surface area contributed by atoms with Crippen LogP contribution in [0.15, 0.2) is 30.3 Å². The third-order valence-electron chi connectivity index (χ3n) is 4.40. The standard InChI is InChI=1S/C18H32N2O/c1-5-13-19-18(15-21,17-11-9-8-10-12-17)14-20(7-3)16(4)6-2/h8-12,16,19,21H,5-7,13-15H2,1-4H3. The Hall–Kier alpha value is -0.900. The van der Waals surface area contributed by atoms with Crippen LogP contribution in [-0.4, -0.2) is 42.3 Å². The van der Waals surface area contributed by atoms with Crippen LogP contribution in [0, 0.1) is 0 Å². The van der Waals surface area contributed by atoms with E-state index in [1.54, 1.807) is 0 Å². The fraction of sp³-hybridized carbons (Fsp3) is 0.667. The van der Waals surface area contributed by atoms with Crippen LogP contribution in [0.3, 0.4) is 0 Å². The second kappa shape index (κ2) is 9.19. The summed E-state index contributed by atoms with van der Waals surface area (Å²) in [6.45, 7) is 11.7. The van der Waals surface area contributed by atoms with E-state index >= 15 is 0 Å². The van der Waals surface area contributed by atoms with Crippen LogP contribution in [0.1, 0.15) is 46.1 Å². The van der Waals surface area contributed by atoms with Gasteiger partial charge in [-0.2, -0.15) is 0 Å². The van der Waals surface area contributed by atoms with E-state index in [4.69, 9.17) is 0 Å². The minimum atomic E-state index is -0.378. The maximum Gasteiger partial charge on any atom is 0.0797 e. The van der Waals surface area contributed by atoms with Crippen molar-refractivity contribution in [1.82, 2.24) is 10.2 Å². The van der Waals surface area contributed by atoms with Gasteiger partial charge in [0.05, 0.1) is 12.1 Å². The molecule has 3 nitrogen and oxygen atoms in total. The molecule has 3 heteroatoms. The van der Waals surface area contributed by atoms with Crippen molar-refractivity contribution in [1.29, 1.82) is 0 Å². The van der Waals surface area contributed by atoms with Crippen LogP contribution in [0.25, 0.3) is 0 Å². The van der Waals surface area contributed by atoms with Gasteiger partial charge in [0.2, 0.25) is 0 Å². The topological polar surface area (TPSA) is 35.5 Å². The Morgan fingerprint density at radius 2 is 1.86 bits per heavy atom. The Kier molecular flexibility index (Phi) is 7.94. The SMILES string of the molecule is CCCNC(CO)(CN(CC)C(C)CC)c1ccccc1. The van der Waals surface area contributed by atoms with Crippen molar-refractivity contribution in [3.8, 4) is 0 Å². The normalized spacial score (nSPS) is 15.9. The molecule has 2 unspecified atom stereocenters. The molecule has 0 spiro atoms. The molecule has 2 atom stereocenters. The molecule has 2 N–H and O–H groups in total. The minimum Gasteiger partial charge on any atom is -0.394 e. The van der Waals surface area contributed by atoms with Crippen LogP contribution in [-0.2, 0) is 5.54 Å². The zero-order valence-corrected chi connectivity index (χ0v) is 14.1. The zero-order chi connectivity index (χ0) is 15.7. The van der Waals surface area contributed by atoms with Gasteiger partial charge in [0.1, 0.15) is 0 Å². The molecule has 1 aromatic rings. The van der Waals surface area contributed by atoms with E-state index in [0.717, 1.165) is 32.5 Å². The van der Waals surface area contributed by atoms with E-state index < -0.39 is 0 Å². The minimum absolute atomic E-state index is 0.115. The lowest BCUT2D eigenvalue weighted by Gasteiger charge is -2.40. The largest absolute Gasteiger partial charge is 0.394 e. The fourth-order valence-electron chi connectivity index (χ4n) is 2.75. The fourth-order valence-corrected chi connectivity index (χ4v) is 2.75. The summed E-state index contributed by atoms with van der Waals surface area (Å²) < 4.78 is 0. The van der Waals surface area contributed by atoms with Crippen LogP contribution in [0.5, 0.6) is 0 Å². The molecule has 0 amide bonds. The third-order valence-corrected chi connectivity index (χ3v) is 4.40. The van der Waals surface area contributed by atoms with E-state index in [1.807, 2.05) is 18.2 Å². The molecule has 0 fully saturated rings.